The van der Waals surface area contributed by atoms with Crippen molar-refractivity contribution in [3.05, 3.63) is 30.3 Å². The summed E-state index contributed by atoms with van der Waals surface area (Å²) in [5, 5.41) is 18.6. The zero-order chi connectivity index (χ0) is 13.7. The highest BCUT2D eigenvalue weighted by atomic mass is 16.5. The number of aliphatic hydroxyl groups excluding tert-OH is 1. The van der Waals surface area contributed by atoms with Gasteiger partial charge >= 0.3 is 5.97 Å². The molecule has 2 rings (SSSR count). The Balaban J connectivity index is 1.72. The lowest BCUT2D eigenvalue weighted by Crippen LogP contribution is -2.37. The zero-order valence-electron chi connectivity index (χ0n) is 10.7. The van der Waals surface area contributed by atoms with E-state index in [0.717, 1.165) is 12.2 Å². The zero-order valence-corrected chi connectivity index (χ0v) is 10.7. The number of benzene rings is 1. The molecule has 0 bridgehead atoms. The molecular formula is C14H19NO4. The molecule has 0 aromatic heterocycles. The number of carboxylic acid groups (broad SMARTS) is 1. The minimum atomic E-state index is -0.861. The molecule has 5 nitrogen and oxygen atoms in total. The van der Waals surface area contributed by atoms with E-state index in [9.17, 15) is 9.90 Å². The number of carboxylic acids is 1. The van der Waals surface area contributed by atoms with Crippen LogP contribution in [0.5, 0.6) is 5.75 Å². The van der Waals surface area contributed by atoms with Crippen LogP contribution in [-0.4, -0.2) is 52.9 Å². The van der Waals surface area contributed by atoms with Crippen LogP contribution in [0.2, 0.25) is 0 Å². The van der Waals surface area contributed by atoms with Gasteiger partial charge < -0.3 is 14.9 Å². The van der Waals surface area contributed by atoms with Crippen molar-refractivity contribution in [1.82, 2.24) is 4.90 Å². The lowest BCUT2D eigenvalue weighted by atomic mass is 10.2. The summed E-state index contributed by atoms with van der Waals surface area (Å²) in [4.78, 5) is 12.8. The van der Waals surface area contributed by atoms with E-state index in [1.807, 2.05) is 30.3 Å². The molecule has 1 aromatic rings. The maximum absolute atomic E-state index is 11.0. The molecule has 0 radical (unpaired) electrons. The summed E-state index contributed by atoms with van der Waals surface area (Å²) in [5.74, 6) is -0.0423. The number of hydrogen-bond donors (Lipinski definition) is 2. The van der Waals surface area contributed by atoms with Crippen LogP contribution in [-0.2, 0) is 4.79 Å². The predicted molar refractivity (Wildman–Crippen MR) is 70.2 cm³/mol. The lowest BCUT2D eigenvalue weighted by Gasteiger charge is -2.20. The van der Waals surface area contributed by atoms with Crippen molar-refractivity contribution in [2.75, 3.05) is 19.7 Å². The van der Waals surface area contributed by atoms with E-state index >= 15 is 0 Å². The van der Waals surface area contributed by atoms with Crippen LogP contribution in [0.3, 0.4) is 0 Å². The average molecular weight is 265 g/mol. The van der Waals surface area contributed by atoms with Crippen molar-refractivity contribution in [3.63, 3.8) is 0 Å². The summed E-state index contributed by atoms with van der Waals surface area (Å²) >= 11 is 0. The lowest BCUT2D eigenvalue weighted by molar-refractivity contribution is -0.142. The molecule has 104 valence electrons. The first-order valence-corrected chi connectivity index (χ1v) is 6.49. The fourth-order valence-electron chi connectivity index (χ4n) is 2.36. The van der Waals surface area contributed by atoms with Crippen LogP contribution < -0.4 is 4.74 Å². The molecule has 0 aliphatic carbocycles. The number of ether oxygens (including phenoxy) is 1. The number of nitrogens with zero attached hydrogens (tertiary/aromatic N) is 1. The number of aliphatic hydroxyl groups is 1. The van der Waals surface area contributed by atoms with Gasteiger partial charge in [0.05, 0.1) is 12.7 Å². The van der Waals surface area contributed by atoms with E-state index in [0.29, 0.717) is 26.1 Å². The van der Waals surface area contributed by atoms with E-state index in [2.05, 4.69) is 0 Å². The molecule has 1 aromatic carbocycles. The van der Waals surface area contributed by atoms with Gasteiger partial charge in [0.25, 0.3) is 0 Å². The van der Waals surface area contributed by atoms with Crippen molar-refractivity contribution in [2.24, 2.45) is 0 Å². The summed E-state index contributed by atoms with van der Waals surface area (Å²) < 4.78 is 5.55. The fraction of sp³-hybridized carbons (Fsp3) is 0.500. The normalized spacial score (nSPS) is 23.4. The van der Waals surface area contributed by atoms with Gasteiger partial charge in [-0.15, -0.1) is 0 Å². The Morgan fingerprint density at radius 1 is 1.37 bits per heavy atom. The van der Waals surface area contributed by atoms with Crippen molar-refractivity contribution < 1.29 is 19.7 Å². The molecule has 0 saturated carbocycles. The average Bonchev–Trinajstić information content (AvgIpc) is 2.77. The Bertz CT molecular complexity index is 409. The number of hydrogen-bond acceptors (Lipinski definition) is 4. The molecule has 2 N–H and O–H groups in total. The second-order valence-electron chi connectivity index (χ2n) is 4.75. The van der Waals surface area contributed by atoms with Crippen molar-refractivity contribution in [3.8, 4) is 5.75 Å². The third-order valence-corrected chi connectivity index (χ3v) is 3.27. The van der Waals surface area contributed by atoms with Gasteiger partial charge in [-0.1, -0.05) is 18.2 Å². The second-order valence-corrected chi connectivity index (χ2v) is 4.75. The smallest absolute Gasteiger partial charge is 0.321 e. The van der Waals surface area contributed by atoms with Gasteiger partial charge in [0.15, 0.2) is 0 Å². The molecule has 19 heavy (non-hydrogen) atoms. The molecule has 1 aliphatic heterocycles. The van der Waals surface area contributed by atoms with Gasteiger partial charge in [0.1, 0.15) is 11.8 Å². The molecule has 2 atom stereocenters. The molecule has 5 heteroatoms. The van der Waals surface area contributed by atoms with Gasteiger partial charge in [-0.3, -0.25) is 9.69 Å². The maximum Gasteiger partial charge on any atom is 0.321 e. The minimum absolute atomic E-state index is 0.314. The largest absolute Gasteiger partial charge is 0.494 e. The van der Waals surface area contributed by atoms with E-state index in [1.165, 1.54) is 0 Å². The maximum atomic E-state index is 11.0. The Morgan fingerprint density at radius 3 is 2.79 bits per heavy atom. The summed E-state index contributed by atoms with van der Waals surface area (Å²) in [6.07, 6.45) is 0.524. The second kappa shape index (κ2) is 6.54. The quantitative estimate of drug-likeness (QED) is 0.750. The van der Waals surface area contributed by atoms with Crippen LogP contribution in [0.1, 0.15) is 12.8 Å². The highest BCUT2D eigenvalue weighted by molar-refractivity contribution is 5.74. The first kappa shape index (κ1) is 13.8. The number of β-amino-alcohol motifs (C(OH)–C–C–N with tert-alkyl or cyclic N) is 1. The molecule has 1 aliphatic rings. The van der Waals surface area contributed by atoms with Crippen LogP contribution in [0.15, 0.2) is 30.3 Å². The first-order valence-electron chi connectivity index (χ1n) is 6.49. The van der Waals surface area contributed by atoms with Crippen LogP contribution >= 0.6 is 0 Å². The van der Waals surface area contributed by atoms with E-state index in [1.54, 1.807) is 4.90 Å². The Morgan fingerprint density at radius 2 is 2.11 bits per heavy atom. The van der Waals surface area contributed by atoms with E-state index in [4.69, 9.17) is 9.84 Å². The number of carbonyl (C=O) groups is 1. The summed E-state index contributed by atoms with van der Waals surface area (Å²) in [6, 6.07) is 8.96. The van der Waals surface area contributed by atoms with Gasteiger partial charge in [0, 0.05) is 19.5 Å². The highest BCUT2D eigenvalue weighted by Crippen LogP contribution is 2.18. The third kappa shape index (κ3) is 3.94. The van der Waals surface area contributed by atoms with E-state index in [-0.39, 0.29) is 0 Å². The van der Waals surface area contributed by atoms with Gasteiger partial charge in [-0.25, -0.2) is 0 Å². The summed E-state index contributed by atoms with van der Waals surface area (Å²) in [5.41, 5.74) is 0. The number of likely N-dealkylation sites (tertiary alicyclic amines) is 1. The molecular weight excluding hydrogens is 246 g/mol. The minimum Gasteiger partial charge on any atom is -0.494 e. The summed E-state index contributed by atoms with van der Waals surface area (Å²) in [6.45, 7) is 1.60. The molecule has 1 heterocycles. The first-order chi connectivity index (χ1) is 9.16. The molecule has 1 fully saturated rings. The highest BCUT2D eigenvalue weighted by Gasteiger charge is 2.35. The number of rotatable bonds is 6. The van der Waals surface area contributed by atoms with Crippen LogP contribution in [0, 0.1) is 0 Å². The van der Waals surface area contributed by atoms with Crippen molar-refractivity contribution >= 4 is 5.97 Å². The van der Waals surface area contributed by atoms with Gasteiger partial charge in [-0.2, -0.15) is 0 Å². The van der Waals surface area contributed by atoms with Crippen molar-refractivity contribution in [1.29, 1.82) is 0 Å². The standard InChI is InChI=1S/C14H19NO4/c16-11-9-13(14(17)18)15(10-11)7-4-8-19-12-5-2-1-3-6-12/h1-3,5-6,11,13,16H,4,7-10H2,(H,17,18). The van der Waals surface area contributed by atoms with Gasteiger partial charge in [0.2, 0.25) is 0 Å². The van der Waals surface area contributed by atoms with Crippen LogP contribution in [0.25, 0.3) is 0 Å². The molecule has 2 unspecified atom stereocenters. The monoisotopic (exact) mass is 265 g/mol. The summed E-state index contributed by atoms with van der Waals surface area (Å²) in [7, 11) is 0. The topological polar surface area (TPSA) is 70.0 Å². The Hall–Kier alpha value is -1.59. The Labute approximate surface area is 112 Å². The molecule has 0 spiro atoms. The van der Waals surface area contributed by atoms with Crippen LogP contribution in [0.4, 0.5) is 0 Å². The Kier molecular flexibility index (Phi) is 4.76. The SMILES string of the molecule is O=C(O)C1CC(O)CN1CCCOc1ccccc1. The third-order valence-electron chi connectivity index (χ3n) is 3.27. The predicted octanol–water partition coefficient (Wildman–Crippen LogP) is 0.975. The fourth-order valence-corrected chi connectivity index (χ4v) is 2.36. The molecule has 1 saturated heterocycles. The van der Waals surface area contributed by atoms with Crippen molar-refractivity contribution in [2.45, 2.75) is 25.0 Å². The number of para-hydroxylation sites is 1. The number of aliphatic carboxylic acids is 1. The molecule has 0 amide bonds. The van der Waals surface area contributed by atoms with E-state index < -0.39 is 18.1 Å². The van der Waals surface area contributed by atoms with Gasteiger partial charge in [-0.05, 0) is 18.6 Å².